The first kappa shape index (κ1) is 12.0. The standard InChI is InChI=1S/C14H17N5/c15-9-12-4-2-8-19(12)14-6-5-13(17-18-14)11-3-1-7-16-10-11/h1,3,5-7,10,12H,2,4,8-9,15H2. The second kappa shape index (κ2) is 5.32. The van der Waals surface area contributed by atoms with E-state index < -0.39 is 0 Å². The van der Waals surface area contributed by atoms with E-state index >= 15 is 0 Å². The molecule has 2 aromatic heterocycles. The summed E-state index contributed by atoms with van der Waals surface area (Å²) in [5, 5.41) is 8.62. The van der Waals surface area contributed by atoms with Crippen LogP contribution in [0.5, 0.6) is 0 Å². The topological polar surface area (TPSA) is 67.9 Å². The van der Waals surface area contributed by atoms with E-state index in [1.54, 1.807) is 12.4 Å². The predicted octanol–water partition coefficient (Wildman–Crippen LogP) is 1.47. The number of hydrogen-bond donors (Lipinski definition) is 1. The first-order valence-corrected chi connectivity index (χ1v) is 6.59. The molecule has 5 heteroatoms. The molecule has 0 aliphatic carbocycles. The molecule has 3 rings (SSSR count). The Balaban J connectivity index is 1.83. The summed E-state index contributed by atoms with van der Waals surface area (Å²) >= 11 is 0. The van der Waals surface area contributed by atoms with E-state index in [1.807, 2.05) is 24.3 Å². The quantitative estimate of drug-likeness (QED) is 0.899. The number of nitrogens with two attached hydrogens (primary N) is 1. The summed E-state index contributed by atoms with van der Waals surface area (Å²) in [5.41, 5.74) is 7.62. The summed E-state index contributed by atoms with van der Waals surface area (Å²) in [6, 6.07) is 8.29. The molecule has 1 aliphatic rings. The molecule has 19 heavy (non-hydrogen) atoms. The highest BCUT2D eigenvalue weighted by molar-refractivity contribution is 5.58. The van der Waals surface area contributed by atoms with Gasteiger partial charge in [-0.05, 0) is 37.1 Å². The molecule has 2 aromatic rings. The van der Waals surface area contributed by atoms with Gasteiger partial charge in [0.25, 0.3) is 0 Å². The van der Waals surface area contributed by atoms with Crippen LogP contribution in [0.1, 0.15) is 12.8 Å². The van der Waals surface area contributed by atoms with Crippen molar-refractivity contribution in [3.8, 4) is 11.3 Å². The van der Waals surface area contributed by atoms with Crippen molar-refractivity contribution in [1.82, 2.24) is 15.2 Å². The smallest absolute Gasteiger partial charge is 0.151 e. The first-order valence-electron chi connectivity index (χ1n) is 6.59. The fraction of sp³-hybridized carbons (Fsp3) is 0.357. The van der Waals surface area contributed by atoms with Gasteiger partial charge in [-0.25, -0.2) is 0 Å². The Labute approximate surface area is 112 Å². The molecule has 5 nitrogen and oxygen atoms in total. The van der Waals surface area contributed by atoms with Crippen molar-refractivity contribution in [2.45, 2.75) is 18.9 Å². The van der Waals surface area contributed by atoms with Gasteiger partial charge in [0.15, 0.2) is 5.82 Å². The second-order valence-electron chi connectivity index (χ2n) is 4.74. The maximum Gasteiger partial charge on any atom is 0.151 e. The van der Waals surface area contributed by atoms with Gasteiger partial charge in [-0.15, -0.1) is 10.2 Å². The first-order chi connectivity index (χ1) is 9.38. The van der Waals surface area contributed by atoms with Crippen LogP contribution >= 0.6 is 0 Å². The third-order valence-electron chi connectivity index (χ3n) is 3.55. The molecule has 0 aromatic carbocycles. The fourth-order valence-electron chi connectivity index (χ4n) is 2.53. The van der Waals surface area contributed by atoms with Crippen LogP contribution in [-0.4, -0.2) is 34.3 Å². The Morgan fingerprint density at radius 2 is 2.21 bits per heavy atom. The second-order valence-corrected chi connectivity index (χ2v) is 4.74. The van der Waals surface area contributed by atoms with Crippen molar-refractivity contribution in [3.63, 3.8) is 0 Å². The SMILES string of the molecule is NCC1CCCN1c1ccc(-c2cccnc2)nn1. The molecule has 1 atom stereocenters. The van der Waals surface area contributed by atoms with Gasteiger partial charge < -0.3 is 10.6 Å². The van der Waals surface area contributed by atoms with Crippen LogP contribution in [0.15, 0.2) is 36.7 Å². The van der Waals surface area contributed by atoms with Crippen LogP contribution in [0.3, 0.4) is 0 Å². The lowest BCUT2D eigenvalue weighted by molar-refractivity contribution is 0.668. The number of rotatable bonds is 3. The molecule has 0 radical (unpaired) electrons. The zero-order valence-corrected chi connectivity index (χ0v) is 10.7. The van der Waals surface area contributed by atoms with Crippen LogP contribution in [0.2, 0.25) is 0 Å². The van der Waals surface area contributed by atoms with Crippen LogP contribution in [0.4, 0.5) is 5.82 Å². The molecule has 1 unspecified atom stereocenters. The molecule has 1 fully saturated rings. The summed E-state index contributed by atoms with van der Waals surface area (Å²) in [6.07, 6.45) is 5.86. The van der Waals surface area contributed by atoms with Crippen LogP contribution in [-0.2, 0) is 0 Å². The number of hydrogen-bond acceptors (Lipinski definition) is 5. The minimum absolute atomic E-state index is 0.401. The minimum atomic E-state index is 0.401. The fourth-order valence-corrected chi connectivity index (χ4v) is 2.53. The van der Waals surface area contributed by atoms with Crippen LogP contribution in [0, 0.1) is 0 Å². The Bertz CT molecular complexity index is 525. The summed E-state index contributed by atoms with van der Waals surface area (Å²) in [7, 11) is 0. The van der Waals surface area contributed by atoms with Crippen molar-refractivity contribution >= 4 is 5.82 Å². The third kappa shape index (κ3) is 2.42. The van der Waals surface area contributed by atoms with Crippen molar-refractivity contribution in [1.29, 1.82) is 0 Å². The van der Waals surface area contributed by atoms with Crippen molar-refractivity contribution in [3.05, 3.63) is 36.7 Å². The van der Waals surface area contributed by atoms with Crippen molar-refractivity contribution in [2.24, 2.45) is 5.73 Å². The molecule has 1 aliphatic heterocycles. The molecule has 0 saturated carbocycles. The van der Waals surface area contributed by atoms with Crippen molar-refractivity contribution < 1.29 is 0 Å². The maximum absolute atomic E-state index is 5.78. The van der Waals surface area contributed by atoms with E-state index in [1.165, 1.54) is 6.42 Å². The molecule has 0 amide bonds. The highest BCUT2D eigenvalue weighted by Gasteiger charge is 2.24. The Hall–Kier alpha value is -2.01. The van der Waals surface area contributed by atoms with Crippen LogP contribution < -0.4 is 10.6 Å². The molecule has 1 saturated heterocycles. The number of aromatic nitrogens is 3. The van der Waals surface area contributed by atoms with E-state index in [9.17, 15) is 0 Å². The lowest BCUT2D eigenvalue weighted by Crippen LogP contribution is -2.36. The molecule has 0 bridgehead atoms. The Morgan fingerprint density at radius 1 is 1.26 bits per heavy atom. The van der Waals surface area contributed by atoms with Gasteiger partial charge in [-0.3, -0.25) is 4.98 Å². The Morgan fingerprint density at radius 3 is 2.89 bits per heavy atom. The predicted molar refractivity (Wildman–Crippen MR) is 74.7 cm³/mol. The molecular weight excluding hydrogens is 238 g/mol. The molecule has 2 N–H and O–H groups in total. The Kier molecular flexibility index (Phi) is 3.37. The molecular formula is C14H17N5. The number of pyridine rings is 1. The molecule has 98 valence electrons. The average molecular weight is 255 g/mol. The van der Waals surface area contributed by atoms with Gasteiger partial charge in [0, 0.05) is 37.1 Å². The van der Waals surface area contributed by atoms with Gasteiger partial charge in [-0.1, -0.05) is 0 Å². The normalized spacial score (nSPS) is 18.8. The lowest BCUT2D eigenvalue weighted by Gasteiger charge is -2.23. The van der Waals surface area contributed by atoms with E-state index in [2.05, 4.69) is 20.1 Å². The highest BCUT2D eigenvalue weighted by Crippen LogP contribution is 2.24. The van der Waals surface area contributed by atoms with Crippen molar-refractivity contribution in [2.75, 3.05) is 18.0 Å². The maximum atomic E-state index is 5.78. The summed E-state index contributed by atoms with van der Waals surface area (Å²) in [4.78, 5) is 6.34. The third-order valence-corrected chi connectivity index (χ3v) is 3.55. The zero-order valence-electron chi connectivity index (χ0n) is 10.7. The summed E-state index contributed by atoms with van der Waals surface area (Å²) < 4.78 is 0. The van der Waals surface area contributed by atoms with Gasteiger partial charge in [-0.2, -0.15) is 0 Å². The van der Waals surface area contributed by atoms with Gasteiger partial charge >= 0.3 is 0 Å². The van der Waals surface area contributed by atoms with E-state index in [0.717, 1.165) is 30.0 Å². The number of anilines is 1. The van der Waals surface area contributed by atoms with Crippen LogP contribution in [0.25, 0.3) is 11.3 Å². The monoisotopic (exact) mass is 255 g/mol. The number of nitrogens with zero attached hydrogens (tertiary/aromatic N) is 4. The van der Waals surface area contributed by atoms with E-state index in [-0.39, 0.29) is 0 Å². The van der Waals surface area contributed by atoms with E-state index in [4.69, 9.17) is 5.73 Å². The summed E-state index contributed by atoms with van der Waals surface area (Å²) in [6.45, 7) is 1.69. The zero-order chi connectivity index (χ0) is 13.1. The molecule has 0 spiro atoms. The van der Waals surface area contributed by atoms with E-state index in [0.29, 0.717) is 12.6 Å². The van der Waals surface area contributed by atoms with Gasteiger partial charge in [0.1, 0.15) is 0 Å². The van der Waals surface area contributed by atoms with Gasteiger partial charge in [0.2, 0.25) is 0 Å². The van der Waals surface area contributed by atoms with Gasteiger partial charge in [0.05, 0.1) is 5.69 Å². The molecule has 3 heterocycles. The minimum Gasteiger partial charge on any atom is -0.351 e. The lowest BCUT2D eigenvalue weighted by atomic mass is 10.2. The highest BCUT2D eigenvalue weighted by atomic mass is 15.3. The summed E-state index contributed by atoms with van der Waals surface area (Å²) in [5.74, 6) is 0.917. The largest absolute Gasteiger partial charge is 0.351 e. The average Bonchev–Trinajstić information content (AvgIpc) is 2.97.